The van der Waals surface area contributed by atoms with Crippen molar-refractivity contribution in [2.45, 2.75) is 77.9 Å². The summed E-state index contributed by atoms with van der Waals surface area (Å²) in [4.78, 5) is 55.9. The average molecular weight is 620 g/mol. The number of esters is 2. The van der Waals surface area contributed by atoms with Crippen molar-refractivity contribution in [3.63, 3.8) is 0 Å². The quantitative estimate of drug-likeness (QED) is 0.260. The Kier molecular flexibility index (Phi) is 10.3. The molecule has 0 N–H and O–H groups in total. The third-order valence-corrected chi connectivity index (χ3v) is 9.15. The molecule has 3 aliphatic rings. The fourth-order valence-corrected chi connectivity index (χ4v) is 6.36. The zero-order valence-corrected chi connectivity index (χ0v) is 26.6. The highest BCUT2D eigenvalue weighted by molar-refractivity contribution is 5.94. The molecule has 2 heterocycles. The molecule has 10 heteroatoms. The number of ether oxygens (including phenoxy) is 3. The standard InChI is InChI=1S/C35H45N3O7/c1-35(2,3)32(40)45-24-44-31(39)28-11-15-30(16-12-28)38-22-21-37(33(38)41)29-13-9-26(10-14-29)27-17-19-36(20-18-27)34(42)43-23-25-7-5-4-6-8-25/h4-10,13-14,27-28,30H,11-12,15-24H2,1-3H3/t28-,30-. The number of likely N-dealkylation sites (tertiary alicyclic amines) is 1. The number of hydrogen-bond donors (Lipinski definition) is 0. The van der Waals surface area contributed by atoms with Gasteiger partial charge in [-0.3, -0.25) is 14.5 Å². The first kappa shape index (κ1) is 32.3. The van der Waals surface area contributed by atoms with Gasteiger partial charge in [0.2, 0.25) is 6.79 Å². The van der Waals surface area contributed by atoms with Crippen LogP contribution in [0.3, 0.4) is 0 Å². The summed E-state index contributed by atoms with van der Waals surface area (Å²) in [5.74, 6) is -0.651. The molecule has 0 atom stereocenters. The third kappa shape index (κ3) is 8.15. The fraction of sp³-hybridized carbons (Fsp3) is 0.543. The van der Waals surface area contributed by atoms with Gasteiger partial charge in [0.15, 0.2) is 0 Å². The van der Waals surface area contributed by atoms with E-state index in [-0.39, 0.29) is 43.5 Å². The summed E-state index contributed by atoms with van der Waals surface area (Å²) in [7, 11) is 0. The number of anilines is 1. The molecule has 0 unspecified atom stereocenters. The van der Waals surface area contributed by atoms with Crippen LogP contribution >= 0.6 is 0 Å². The van der Waals surface area contributed by atoms with E-state index in [0.717, 1.165) is 36.9 Å². The maximum absolute atomic E-state index is 13.4. The molecule has 0 spiro atoms. The highest BCUT2D eigenvalue weighted by Gasteiger charge is 2.38. The van der Waals surface area contributed by atoms with Crippen molar-refractivity contribution in [1.82, 2.24) is 9.80 Å². The van der Waals surface area contributed by atoms with Crippen molar-refractivity contribution in [2.75, 3.05) is 37.9 Å². The number of carbonyl (C=O) groups excluding carboxylic acids is 4. The van der Waals surface area contributed by atoms with Gasteiger partial charge in [0.05, 0.1) is 11.3 Å². The summed E-state index contributed by atoms with van der Waals surface area (Å²) < 4.78 is 15.8. The van der Waals surface area contributed by atoms with Gasteiger partial charge >= 0.3 is 24.1 Å². The van der Waals surface area contributed by atoms with Crippen LogP contribution < -0.4 is 4.90 Å². The third-order valence-electron chi connectivity index (χ3n) is 9.15. The molecule has 0 aromatic heterocycles. The van der Waals surface area contributed by atoms with E-state index >= 15 is 0 Å². The first-order valence-corrected chi connectivity index (χ1v) is 16.1. The number of benzene rings is 2. The van der Waals surface area contributed by atoms with Crippen LogP contribution in [0.1, 0.15) is 76.3 Å². The normalized spacial score (nSPS) is 21.0. The molecule has 45 heavy (non-hydrogen) atoms. The predicted molar refractivity (Wildman–Crippen MR) is 168 cm³/mol. The summed E-state index contributed by atoms with van der Waals surface area (Å²) in [5.41, 5.74) is 2.43. The number of carbonyl (C=O) groups is 4. The molecule has 0 radical (unpaired) electrons. The van der Waals surface area contributed by atoms with Gasteiger partial charge in [-0.25, -0.2) is 9.59 Å². The number of piperidine rings is 1. The van der Waals surface area contributed by atoms with Gasteiger partial charge in [0, 0.05) is 37.9 Å². The van der Waals surface area contributed by atoms with Crippen LogP contribution in [0.15, 0.2) is 54.6 Å². The van der Waals surface area contributed by atoms with Gasteiger partial charge in [-0.05, 0) is 88.5 Å². The number of rotatable bonds is 8. The van der Waals surface area contributed by atoms with E-state index in [1.807, 2.05) is 52.3 Å². The molecule has 2 aliphatic heterocycles. The molecule has 0 bridgehead atoms. The minimum Gasteiger partial charge on any atom is -0.445 e. The first-order chi connectivity index (χ1) is 21.6. The molecule has 5 rings (SSSR count). The van der Waals surface area contributed by atoms with Crippen molar-refractivity contribution < 1.29 is 33.4 Å². The Balaban J connectivity index is 1.04. The molecule has 2 aromatic rings. The number of hydrogen-bond acceptors (Lipinski definition) is 7. The minimum absolute atomic E-state index is 0.00481. The van der Waals surface area contributed by atoms with Gasteiger partial charge < -0.3 is 24.0 Å². The van der Waals surface area contributed by atoms with E-state index in [1.54, 1.807) is 25.7 Å². The number of urea groups is 1. The van der Waals surface area contributed by atoms with E-state index in [1.165, 1.54) is 5.56 Å². The van der Waals surface area contributed by atoms with Gasteiger partial charge in [-0.1, -0.05) is 42.5 Å². The van der Waals surface area contributed by atoms with Crippen LogP contribution in [0, 0.1) is 11.3 Å². The largest absolute Gasteiger partial charge is 0.445 e. The van der Waals surface area contributed by atoms with E-state index in [4.69, 9.17) is 14.2 Å². The lowest BCUT2D eigenvalue weighted by atomic mass is 9.85. The van der Waals surface area contributed by atoms with Crippen molar-refractivity contribution in [3.8, 4) is 0 Å². The van der Waals surface area contributed by atoms with Gasteiger partial charge in [0.25, 0.3) is 0 Å². The summed E-state index contributed by atoms with van der Waals surface area (Å²) in [6.07, 6.45) is 4.22. The molecular weight excluding hydrogens is 574 g/mol. The van der Waals surface area contributed by atoms with E-state index in [9.17, 15) is 19.2 Å². The van der Waals surface area contributed by atoms with E-state index in [0.29, 0.717) is 44.9 Å². The smallest absolute Gasteiger partial charge is 0.410 e. The zero-order valence-electron chi connectivity index (χ0n) is 26.6. The number of amides is 3. The topological polar surface area (TPSA) is 106 Å². The average Bonchev–Trinajstić information content (AvgIpc) is 3.44. The lowest BCUT2D eigenvalue weighted by molar-refractivity contribution is -0.176. The maximum Gasteiger partial charge on any atom is 0.410 e. The van der Waals surface area contributed by atoms with Crippen LogP contribution in [0.5, 0.6) is 0 Å². The monoisotopic (exact) mass is 619 g/mol. The predicted octanol–water partition coefficient (Wildman–Crippen LogP) is 6.09. The second-order valence-corrected chi connectivity index (χ2v) is 13.3. The summed E-state index contributed by atoms with van der Waals surface area (Å²) in [5, 5.41) is 0. The summed E-state index contributed by atoms with van der Waals surface area (Å²) in [6.45, 7) is 7.75. The van der Waals surface area contributed by atoms with Crippen LogP contribution in [0.4, 0.5) is 15.3 Å². The van der Waals surface area contributed by atoms with Crippen LogP contribution in [-0.2, 0) is 30.4 Å². The molecule has 3 amide bonds. The van der Waals surface area contributed by atoms with Gasteiger partial charge in [0.1, 0.15) is 6.61 Å². The highest BCUT2D eigenvalue weighted by atomic mass is 16.7. The Labute approximate surface area is 265 Å². The maximum atomic E-state index is 13.4. The Bertz CT molecular complexity index is 1330. The Morgan fingerprint density at radius 2 is 1.44 bits per heavy atom. The van der Waals surface area contributed by atoms with Gasteiger partial charge in [-0.15, -0.1) is 0 Å². The van der Waals surface area contributed by atoms with E-state index < -0.39 is 11.4 Å². The number of nitrogens with zero attached hydrogens (tertiary/aromatic N) is 3. The first-order valence-electron chi connectivity index (χ1n) is 16.1. The van der Waals surface area contributed by atoms with Crippen molar-refractivity contribution in [1.29, 1.82) is 0 Å². The van der Waals surface area contributed by atoms with Gasteiger partial charge in [-0.2, -0.15) is 0 Å². The molecule has 1 aliphatic carbocycles. The minimum atomic E-state index is -0.650. The molecule has 1 saturated carbocycles. The molecule has 3 fully saturated rings. The van der Waals surface area contributed by atoms with Crippen LogP contribution in [-0.4, -0.2) is 72.9 Å². The Morgan fingerprint density at radius 3 is 2.09 bits per heavy atom. The molecule has 2 saturated heterocycles. The lowest BCUT2D eigenvalue weighted by Crippen LogP contribution is -2.42. The lowest BCUT2D eigenvalue weighted by Gasteiger charge is -2.33. The second-order valence-electron chi connectivity index (χ2n) is 13.3. The molecule has 2 aromatic carbocycles. The summed E-state index contributed by atoms with van der Waals surface area (Å²) in [6, 6.07) is 18.1. The highest BCUT2D eigenvalue weighted by Crippen LogP contribution is 2.33. The van der Waals surface area contributed by atoms with Crippen LogP contribution in [0.25, 0.3) is 0 Å². The molecular formula is C35H45N3O7. The zero-order chi connectivity index (χ0) is 32.0. The van der Waals surface area contributed by atoms with Crippen molar-refractivity contribution in [3.05, 3.63) is 65.7 Å². The Morgan fingerprint density at radius 1 is 0.778 bits per heavy atom. The fourth-order valence-electron chi connectivity index (χ4n) is 6.36. The molecule has 242 valence electrons. The SMILES string of the molecule is CC(C)(C)C(=O)OCOC(=O)[C@H]1CC[C@H](N2CCN(c3ccc(C4CCN(C(=O)OCc5ccccc5)CC4)cc3)C2=O)CC1. The summed E-state index contributed by atoms with van der Waals surface area (Å²) >= 11 is 0. The second kappa shape index (κ2) is 14.3. The van der Waals surface area contributed by atoms with Crippen LogP contribution in [0.2, 0.25) is 0 Å². The van der Waals surface area contributed by atoms with Crippen molar-refractivity contribution >= 4 is 29.8 Å². The Hall–Kier alpha value is -4.08. The molecule has 10 nitrogen and oxygen atoms in total. The van der Waals surface area contributed by atoms with Crippen molar-refractivity contribution in [2.24, 2.45) is 11.3 Å². The van der Waals surface area contributed by atoms with E-state index in [2.05, 4.69) is 12.1 Å².